The molecule has 0 heterocycles. The van der Waals surface area contributed by atoms with Gasteiger partial charge in [0.05, 0.1) is 18.4 Å². The van der Waals surface area contributed by atoms with Crippen LogP contribution >= 0.6 is 0 Å². The first-order valence-corrected chi connectivity index (χ1v) is 3.52. The summed E-state index contributed by atoms with van der Waals surface area (Å²) in [6.45, 7) is 0.297. The third kappa shape index (κ3) is 2.92. The van der Waals surface area contributed by atoms with E-state index in [0.29, 0.717) is 6.54 Å². The number of rotatable bonds is 3. The van der Waals surface area contributed by atoms with Gasteiger partial charge in [-0.1, -0.05) is 18.2 Å². The summed E-state index contributed by atoms with van der Waals surface area (Å²) in [6.07, 6.45) is 1.27. The molecule has 1 rings (SSSR count). The van der Waals surface area contributed by atoms with E-state index in [2.05, 4.69) is 15.4 Å². The van der Waals surface area contributed by atoms with Gasteiger partial charge in [-0.2, -0.15) is 10.2 Å². The van der Waals surface area contributed by atoms with Crippen LogP contribution in [0.15, 0.2) is 45.7 Å². The van der Waals surface area contributed by atoms with Crippen molar-refractivity contribution >= 4 is 11.9 Å². The summed E-state index contributed by atoms with van der Waals surface area (Å²) < 4.78 is 0. The average molecular weight is 163 g/mol. The molecule has 0 unspecified atom stereocenters. The lowest BCUT2D eigenvalue weighted by atomic mass is 10.3. The monoisotopic (exact) mass is 163 g/mol. The first-order chi connectivity index (χ1) is 5.93. The molecule has 0 radical (unpaired) electrons. The largest absolute Gasteiger partial charge is 0.411 e. The topological polar surface area (TPSA) is 57.3 Å². The van der Waals surface area contributed by atoms with Gasteiger partial charge in [-0.15, -0.1) is 5.16 Å². The predicted molar refractivity (Wildman–Crippen MR) is 46.1 cm³/mol. The fourth-order valence-corrected chi connectivity index (χ4v) is 0.690. The minimum Gasteiger partial charge on any atom is -0.411 e. The molecule has 1 aromatic rings. The molecule has 4 heteroatoms. The maximum absolute atomic E-state index is 8.03. The highest BCUT2D eigenvalue weighted by Gasteiger charge is 1.82. The van der Waals surface area contributed by atoms with Gasteiger partial charge in [0.1, 0.15) is 0 Å². The molecule has 0 aliphatic heterocycles. The van der Waals surface area contributed by atoms with Gasteiger partial charge in [-0.25, -0.2) is 0 Å². The summed E-state index contributed by atoms with van der Waals surface area (Å²) in [5, 5.41) is 18.4. The Bertz CT molecular complexity index is 269. The van der Waals surface area contributed by atoms with Crippen molar-refractivity contribution in [2.45, 2.75) is 0 Å². The third-order valence-corrected chi connectivity index (χ3v) is 1.19. The maximum Gasteiger partial charge on any atom is 0.0988 e. The Kier molecular flexibility index (Phi) is 3.50. The summed E-state index contributed by atoms with van der Waals surface area (Å²) in [5.41, 5.74) is 0.795. The number of oxime groups is 1. The zero-order valence-electron chi connectivity index (χ0n) is 6.46. The second-order valence-electron chi connectivity index (χ2n) is 2.06. The van der Waals surface area contributed by atoms with Crippen molar-refractivity contribution in [1.29, 1.82) is 0 Å². The van der Waals surface area contributed by atoms with Crippen LogP contribution in [0.1, 0.15) is 0 Å². The summed E-state index contributed by atoms with van der Waals surface area (Å²) >= 11 is 0. The predicted octanol–water partition coefficient (Wildman–Crippen LogP) is 2.23. The van der Waals surface area contributed by atoms with Crippen LogP contribution in [0, 0.1) is 0 Å². The molecule has 0 saturated carbocycles. The molecule has 62 valence electrons. The Morgan fingerprint density at radius 1 is 1.25 bits per heavy atom. The van der Waals surface area contributed by atoms with Gasteiger partial charge in [0.25, 0.3) is 0 Å². The van der Waals surface area contributed by atoms with Crippen LogP contribution in [-0.4, -0.2) is 18.0 Å². The highest BCUT2D eigenvalue weighted by Crippen LogP contribution is 2.09. The standard InChI is InChI=1S/C8H9N3O/c12-10-7-6-9-11-8-4-2-1-3-5-8/h1-5,7,12H,6H2. The Balaban J connectivity index is 2.47. The van der Waals surface area contributed by atoms with Gasteiger partial charge in [0.2, 0.25) is 0 Å². The molecule has 4 nitrogen and oxygen atoms in total. The van der Waals surface area contributed by atoms with Crippen LogP contribution in [0.25, 0.3) is 0 Å². The van der Waals surface area contributed by atoms with Gasteiger partial charge in [0, 0.05) is 0 Å². The van der Waals surface area contributed by atoms with E-state index in [0.717, 1.165) is 5.69 Å². The molecule has 0 spiro atoms. The van der Waals surface area contributed by atoms with E-state index in [1.807, 2.05) is 30.3 Å². The lowest BCUT2D eigenvalue weighted by Gasteiger charge is -1.87. The number of hydrogen-bond donors (Lipinski definition) is 1. The lowest BCUT2D eigenvalue weighted by Crippen LogP contribution is -1.77. The Hall–Kier alpha value is -1.71. The highest BCUT2D eigenvalue weighted by molar-refractivity contribution is 5.58. The molecule has 1 N–H and O–H groups in total. The van der Waals surface area contributed by atoms with Crippen molar-refractivity contribution in [2.75, 3.05) is 6.54 Å². The van der Waals surface area contributed by atoms with Crippen molar-refractivity contribution < 1.29 is 5.21 Å². The SMILES string of the molecule is ON=CCN=Nc1ccccc1. The van der Waals surface area contributed by atoms with Crippen LogP contribution in [0.2, 0.25) is 0 Å². The molecule has 0 bridgehead atoms. The molecule has 0 saturated heterocycles. The minimum absolute atomic E-state index is 0.297. The van der Waals surface area contributed by atoms with E-state index in [1.54, 1.807) is 0 Å². The number of hydrogen-bond acceptors (Lipinski definition) is 4. The summed E-state index contributed by atoms with van der Waals surface area (Å²) in [6, 6.07) is 9.37. The van der Waals surface area contributed by atoms with Crippen molar-refractivity contribution in [3.05, 3.63) is 30.3 Å². The second kappa shape index (κ2) is 5.01. The van der Waals surface area contributed by atoms with E-state index in [4.69, 9.17) is 5.21 Å². The molecule has 1 aromatic carbocycles. The lowest BCUT2D eigenvalue weighted by molar-refractivity contribution is 0.321. The summed E-state index contributed by atoms with van der Waals surface area (Å²) in [7, 11) is 0. The zero-order valence-corrected chi connectivity index (χ0v) is 6.46. The van der Waals surface area contributed by atoms with Crippen LogP contribution in [-0.2, 0) is 0 Å². The molecule has 0 aromatic heterocycles. The van der Waals surface area contributed by atoms with Gasteiger partial charge >= 0.3 is 0 Å². The molecule has 0 fully saturated rings. The van der Waals surface area contributed by atoms with Gasteiger partial charge in [0.15, 0.2) is 0 Å². The zero-order chi connectivity index (χ0) is 8.65. The van der Waals surface area contributed by atoms with Crippen LogP contribution < -0.4 is 0 Å². The van der Waals surface area contributed by atoms with Crippen molar-refractivity contribution in [3.63, 3.8) is 0 Å². The summed E-state index contributed by atoms with van der Waals surface area (Å²) in [5.74, 6) is 0. The van der Waals surface area contributed by atoms with E-state index < -0.39 is 0 Å². The third-order valence-electron chi connectivity index (χ3n) is 1.19. The normalized spacial score (nSPS) is 11.3. The second-order valence-corrected chi connectivity index (χ2v) is 2.06. The first kappa shape index (κ1) is 8.39. The van der Waals surface area contributed by atoms with Crippen molar-refractivity contribution in [3.8, 4) is 0 Å². The fraction of sp³-hybridized carbons (Fsp3) is 0.125. The first-order valence-electron chi connectivity index (χ1n) is 3.52. The molecule has 0 amide bonds. The van der Waals surface area contributed by atoms with Gasteiger partial charge < -0.3 is 5.21 Å². The molecule has 12 heavy (non-hydrogen) atoms. The van der Waals surface area contributed by atoms with Crippen LogP contribution in [0.3, 0.4) is 0 Å². The minimum atomic E-state index is 0.297. The van der Waals surface area contributed by atoms with Gasteiger partial charge in [-0.3, -0.25) is 0 Å². The number of benzene rings is 1. The maximum atomic E-state index is 8.03. The fourth-order valence-electron chi connectivity index (χ4n) is 0.690. The molecular formula is C8H9N3O. The molecular weight excluding hydrogens is 154 g/mol. The highest BCUT2D eigenvalue weighted by atomic mass is 16.4. The van der Waals surface area contributed by atoms with Crippen molar-refractivity contribution in [1.82, 2.24) is 0 Å². The average Bonchev–Trinajstić information content (AvgIpc) is 2.14. The van der Waals surface area contributed by atoms with Gasteiger partial charge in [-0.05, 0) is 12.1 Å². The van der Waals surface area contributed by atoms with E-state index >= 15 is 0 Å². The number of nitrogens with zero attached hydrogens (tertiary/aromatic N) is 3. The Morgan fingerprint density at radius 2 is 2.00 bits per heavy atom. The van der Waals surface area contributed by atoms with E-state index in [-0.39, 0.29) is 0 Å². The molecule has 0 aliphatic rings. The number of azo groups is 1. The quantitative estimate of drug-likeness (QED) is 0.316. The van der Waals surface area contributed by atoms with Crippen LogP contribution in [0.5, 0.6) is 0 Å². The van der Waals surface area contributed by atoms with Crippen LogP contribution in [0.4, 0.5) is 5.69 Å². The smallest absolute Gasteiger partial charge is 0.0988 e. The van der Waals surface area contributed by atoms with E-state index in [1.165, 1.54) is 6.21 Å². The Labute approximate surface area is 70.3 Å². The molecule has 0 aliphatic carbocycles. The van der Waals surface area contributed by atoms with Crippen molar-refractivity contribution in [2.24, 2.45) is 15.4 Å². The summed E-state index contributed by atoms with van der Waals surface area (Å²) in [4.78, 5) is 0. The van der Waals surface area contributed by atoms with E-state index in [9.17, 15) is 0 Å². The molecule has 0 atom stereocenters. The Morgan fingerprint density at radius 3 is 2.67 bits per heavy atom.